The zero-order valence-electron chi connectivity index (χ0n) is 16.3. The van der Waals surface area contributed by atoms with Crippen molar-refractivity contribution in [3.63, 3.8) is 0 Å². The van der Waals surface area contributed by atoms with Crippen molar-refractivity contribution < 1.29 is 4.74 Å². The first-order valence-corrected chi connectivity index (χ1v) is 8.81. The van der Waals surface area contributed by atoms with Crippen LogP contribution >= 0.6 is 0 Å². The fourth-order valence-corrected chi connectivity index (χ4v) is 2.51. The number of methoxy groups -OCH3 is 1. The monoisotopic (exact) mass is 349 g/mol. The van der Waals surface area contributed by atoms with Crippen LogP contribution in [0.5, 0.6) is 5.75 Å². The van der Waals surface area contributed by atoms with Crippen LogP contribution in [0.3, 0.4) is 0 Å². The number of ether oxygens (including phenoxy) is 1. The van der Waals surface area contributed by atoms with Gasteiger partial charge in [-0.3, -0.25) is 0 Å². The van der Waals surface area contributed by atoms with Gasteiger partial charge in [-0.2, -0.15) is 10.5 Å². The maximum atomic E-state index is 8.79. The predicted octanol–water partition coefficient (Wildman–Crippen LogP) is 4.92. The summed E-state index contributed by atoms with van der Waals surface area (Å²) < 4.78 is 5.14. The van der Waals surface area contributed by atoms with Gasteiger partial charge in [0.2, 0.25) is 0 Å². The second-order valence-electron chi connectivity index (χ2n) is 7.01. The minimum Gasteiger partial charge on any atom is -0.495 e. The molecule has 0 radical (unpaired) electrons. The van der Waals surface area contributed by atoms with E-state index in [1.165, 1.54) is 11.1 Å². The van der Waals surface area contributed by atoms with E-state index in [0.29, 0.717) is 28.8 Å². The van der Waals surface area contributed by atoms with Gasteiger partial charge in [-0.05, 0) is 54.0 Å². The van der Waals surface area contributed by atoms with Gasteiger partial charge in [-0.1, -0.05) is 39.8 Å². The Morgan fingerprint density at radius 1 is 0.923 bits per heavy atom. The third-order valence-electron chi connectivity index (χ3n) is 3.61. The third-order valence-corrected chi connectivity index (χ3v) is 3.61. The van der Waals surface area contributed by atoms with Crippen molar-refractivity contribution in [2.24, 2.45) is 11.8 Å². The normalized spacial score (nSPS) is 9.88. The number of nitrogens with zero attached hydrogens (tertiary/aromatic N) is 3. The third kappa shape index (κ3) is 7.36. The summed E-state index contributed by atoms with van der Waals surface area (Å²) in [6, 6.07) is 13.6. The van der Waals surface area contributed by atoms with Gasteiger partial charge in [0.15, 0.2) is 0 Å². The van der Waals surface area contributed by atoms with E-state index < -0.39 is 0 Å². The first-order chi connectivity index (χ1) is 12.4. The molecular weight excluding hydrogens is 322 g/mol. The molecule has 0 atom stereocenters. The zero-order chi connectivity index (χ0) is 19.5. The molecule has 1 heterocycles. The highest BCUT2D eigenvalue weighted by atomic mass is 16.5. The Hall–Kier alpha value is -2.85. The molecule has 0 bridgehead atoms. The van der Waals surface area contributed by atoms with E-state index in [2.05, 4.69) is 38.7 Å². The Labute approximate surface area is 157 Å². The molecule has 1 aromatic carbocycles. The van der Waals surface area contributed by atoms with Crippen molar-refractivity contribution >= 4 is 0 Å². The Balaban J connectivity index is 0.000000263. The molecule has 0 spiro atoms. The van der Waals surface area contributed by atoms with Gasteiger partial charge in [-0.25, -0.2) is 4.98 Å². The average Bonchev–Trinajstić information content (AvgIpc) is 2.62. The van der Waals surface area contributed by atoms with Gasteiger partial charge < -0.3 is 4.74 Å². The SMILES string of the molecule is CC(C)Cc1ccc(C#N)nc1.COc1cc(CC(C)C)ccc1C#N. The minimum atomic E-state index is 0.488. The molecule has 4 nitrogen and oxygen atoms in total. The molecule has 0 amide bonds. The fourth-order valence-electron chi connectivity index (χ4n) is 2.51. The maximum Gasteiger partial charge on any atom is 0.140 e. The van der Waals surface area contributed by atoms with Crippen LogP contribution in [0.4, 0.5) is 0 Å². The quantitative estimate of drug-likeness (QED) is 0.768. The van der Waals surface area contributed by atoms with Crippen LogP contribution in [-0.2, 0) is 12.8 Å². The lowest BCUT2D eigenvalue weighted by molar-refractivity contribution is 0.412. The highest BCUT2D eigenvalue weighted by molar-refractivity contribution is 5.45. The number of benzene rings is 1. The van der Waals surface area contributed by atoms with Crippen molar-refractivity contribution in [3.8, 4) is 17.9 Å². The molecule has 26 heavy (non-hydrogen) atoms. The molecular formula is C22H27N3O. The highest BCUT2D eigenvalue weighted by Gasteiger charge is 2.04. The molecule has 0 aliphatic heterocycles. The molecule has 2 aromatic rings. The predicted molar refractivity (Wildman–Crippen MR) is 104 cm³/mol. The fraction of sp³-hybridized carbons (Fsp3) is 0.409. The molecule has 0 aliphatic carbocycles. The van der Waals surface area contributed by atoms with E-state index in [0.717, 1.165) is 12.8 Å². The van der Waals surface area contributed by atoms with Crippen molar-refractivity contribution in [2.75, 3.05) is 7.11 Å². The van der Waals surface area contributed by atoms with E-state index in [1.54, 1.807) is 19.4 Å². The summed E-state index contributed by atoms with van der Waals surface area (Å²) >= 11 is 0. The van der Waals surface area contributed by atoms with E-state index in [9.17, 15) is 0 Å². The molecule has 0 aliphatic rings. The summed E-state index contributed by atoms with van der Waals surface area (Å²) in [4.78, 5) is 3.99. The van der Waals surface area contributed by atoms with Gasteiger partial charge >= 0.3 is 0 Å². The number of pyridine rings is 1. The molecule has 136 valence electrons. The van der Waals surface area contributed by atoms with Crippen molar-refractivity contribution in [3.05, 3.63) is 58.9 Å². The zero-order valence-corrected chi connectivity index (χ0v) is 16.3. The topological polar surface area (TPSA) is 69.7 Å². The number of hydrogen-bond acceptors (Lipinski definition) is 4. The lowest BCUT2D eigenvalue weighted by Gasteiger charge is -2.08. The van der Waals surface area contributed by atoms with Crippen LogP contribution in [0.2, 0.25) is 0 Å². The molecule has 2 rings (SSSR count). The van der Waals surface area contributed by atoms with Crippen LogP contribution in [0.1, 0.15) is 50.1 Å². The molecule has 1 aromatic heterocycles. The molecule has 0 unspecified atom stereocenters. The Morgan fingerprint density at radius 2 is 1.54 bits per heavy atom. The smallest absolute Gasteiger partial charge is 0.140 e. The van der Waals surface area contributed by atoms with Crippen LogP contribution in [-0.4, -0.2) is 12.1 Å². The number of aromatic nitrogens is 1. The Kier molecular flexibility index (Phi) is 8.88. The summed E-state index contributed by atoms with van der Waals surface area (Å²) in [6.07, 6.45) is 3.82. The largest absolute Gasteiger partial charge is 0.495 e. The summed E-state index contributed by atoms with van der Waals surface area (Å²) in [6.45, 7) is 8.67. The average molecular weight is 349 g/mol. The molecule has 0 fully saturated rings. The first-order valence-electron chi connectivity index (χ1n) is 8.81. The van der Waals surface area contributed by atoms with Gasteiger partial charge in [0.1, 0.15) is 23.6 Å². The van der Waals surface area contributed by atoms with E-state index in [4.69, 9.17) is 15.3 Å². The maximum absolute atomic E-state index is 8.79. The minimum absolute atomic E-state index is 0.488. The Morgan fingerprint density at radius 3 is 2.00 bits per heavy atom. The molecule has 0 saturated heterocycles. The first kappa shape index (κ1) is 21.2. The standard InChI is InChI=1S/C12H15NO.C10H12N2/c1-9(2)6-10-4-5-11(8-13)12(7-10)14-3;1-8(2)5-9-3-4-10(6-11)12-7-9/h4-5,7,9H,6H2,1-3H3;3-4,7-8H,5H2,1-2H3. The van der Waals surface area contributed by atoms with Crippen LogP contribution in [0, 0.1) is 34.5 Å². The van der Waals surface area contributed by atoms with Gasteiger partial charge in [-0.15, -0.1) is 0 Å². The van der Waals surface area contributed by atoms with Crippen molar-refractivity contribution in [1.29, 1.82) is 10.5 Å². The van der Waals surface area contributed by atoms with Gasteiger partial charge in [0.05, 0.1) is 12.7 Å². The Bertz CT molecular complexity index is 765. The summed E-state index contributed by atoms with van der Waals surface area (Å²) in [5.41, 5.74) is 3.50. The van der Waals surface area contributed by atoms with E-state index >= 15 is 0 Å². The number of hydrogen-bond donors (Lipinski definition) is 0. The van der Waals surface area contributed by atoms with Gasteiger partial charge in [0, 0.05) is 6.20 Å². The van der Waals surface area contributed by atoms with Crippen LogP contribution in [0.15, 0.2) is 36.5 Å². The second-order valence-corrected chi connectivity index (χ2v) is 7.01. The van der Waals surface area contributed by atoms with Crippen LogP contribution < -0.4 is 4.74 Å². The lowest BCUT2D eigenvalue weighted by Crippen LogP contribution is -1.96. The van der Waals surface area contributed by atoms with Gasteiger partial charge in [0.25, 0.3) is 0 Å². The number of rotatable bonds is 5. The summed E-state index contributed by atoms with van der Waals surface area (Å²) in [7, 11) is 1.59. The molecule has 0 saturated carbocycles. The highest BCUT2D eigenvalue weighted by Crippen LogP contribution is 2.20. The second kappa shape index (κ2) is 10.9. The van der Waals surface area contributed by atoms with E-state index in [-0.39, 0.29) is 0 Å². The lowest BCUT2D eigenvalue weighted by atomic mass is 10.0. The number of nitriles is 2. The summed E-state index contributed by atoms with van der Waals surface area (Å²) in [5, 5.41) is 17.3. The van der Waals surface area contributed by atoms with E-state index in [1.807, 2.05) is 30.3 Å². The summed E-state index contributed by atoms with van der Waals surface area (Å²) in [5.74, 6) is 1.93. The molecule has 4 heteroatoms. The molecule has 0 N–H and O–H groups in total. The van der Waals surface area contributed by atoms with Crippen molar-refractivity contribution in [2.45, 2.75) is 40.5 Å². The van der Waals surface area contributed by atoms with Crippen LogP contribution in [0.25, 0.3) is 0 Å². The van der Waals surface area contributed by atoms with Crippen molar-refractivity contribution in [1.82, 2.24) is 4.98 Å².